The maximum Gasteiger partial charge on any atom is 0.411 e. The van der Waals surface area contributed by atoms with Crippen molar-refractivity contribution in [2.24, 2.45) is 0 Å². The highest BCUT2D eigenvalue weighted by Gasteiger charge is 2.18. The molecule has 0 aliphatic heterocycles. The van der Waals surface area contributed by atoms with Crippen LogP contribution in [0.5, 0.6) is 0 Å². The number of carbonyl (C=O) groups excluding carboxylic acids is 2. The van der Waals surface area contributed by atoms with Crippen LogP contribution in [0.15, 0.2) is 66.7 Å². The van der Waals surface area contributed by atoms with Crippen molar-refractivity contribution in [1.29, 1.82) is 0 Å². The fourth-order valence-electron chi connectivity index (χ4n) is 3.09. The fourth-order valence-corrected chi connectivity index (χ4v) is 3.09. The van der Waals surface area contributed by atoms with E-state index in [1.807, 2.05) is 30.3 Å². The first-order chi connectivity index (χ1) is 17.2. The molecule has 0 radical (unpaired) electrons. The molecular formula is C25H27FN4O6. The van der Waals surface area contributed by atoms with E-state index in [1.54, 1.807) is 31.2 Å². The molecule has 1 amide bonds. The summed E-state index contributed by atoms with van der Waals surface area (Å²) in [6.07, 6.45) is -0.826. The van der Waals surface area contributed by atoms with Crippen LogP contribution in [0.1, 0.15) is 30.5 Å². The fraction of sp³-hybridized carbons (Fsp3) is 0.200. The summed E-state index contributed by atoms with van der Waals surface area (Å²) in [4.78, 5) is 33.4. The average Bonchev–Trinajstić information content (AvgIpc) is 2.82. The summed E-state index contributed by atoms with van der Waals surface area (Å²) in [6, 6.07) is 19.8. The quantitative estimate of drug-likeness (QED) is 0.326. The maximum absolute atomic E-state index is 13.2. The van der Waals surface area contributed by atoms with Crippen molar-refractivity contribution < 1.29 is 38.7 Å². The molecule has 6 N–H and O–H groups in total. The molecule has 0 aliphatic carbocycles. The summed E-state index contributed by atoms with van der Waals surface area (Å²) in [7, 11) is 0. The zero-order valence-corrected chi connectivity index (χ0v) is 19.5. The van der Waals surface area contributed by atoms with Crippen LogP contribution in [0.25, 0.3) is 0 Å². The van der Waals surface area contributed by atoms with E-state index in [2.05, 4.69) is 15.6 Å². The second-order valence-electron chi connectivity index (χ2n) is 7.43. The Bertz CT molecular complexity index is 1150. The number of H-pyrrole nitrogens is 1. The molecule has 2 aromatic carbocycles. The molecule has 0 fully saturated rings. The number of hydrogen-bond donors (Lipinski definition) is 4. The summed E-state index contributed by atoms with van der Waals surface area (Å²) in [5, 5.41) is 23.0. The number of carboxylic acid groups (broad SMARTS) is 2. The van der Waals surface area contributed by atoms with Crippen molar-refractivity contribution in [3.05, 3.63) is 83.7 Å². The third-order valence-corrected chi connectivity index (χ3v) is 4.67. The number of carbonyl (C=O) groups is 3. The van der Waals surface area contributed by atoms with Crippen LogP contribution in [0.3, 0.4) is 0 Å². The SMILES string of the molecule is CCOC(=O)Nc1ccc(NC(Cc2ccc(F)cc2)c2ccccc2)[nH+]c1N.O=C([O-])CC(=O)O. The molecule has 0 aliphatic rings. The summed E-state index contributed by atoms with van der Waals surface area (Å²) in [5.74, 6) is -2.21. The molecule has 1 heterocycles. The van der Waals surface area contributed by atoms with E-state index in [0.29, 0.717) is 23.7 Å². The van der Waals surface area contributed by atoms with Crippen LogP contribution in [-0.4, -0.2) is 29.7 Å². The minimum absolute atomic E-state index is 0.0684. The Labute approximate surface area is 206 Å². The number of rotatable bonds is 9. The van der Waals surface area contributed by atoms with Gasteiger partial charge in [0.15, 0.2) is 0 Å². The first-order valence-electron chi connectivity index (χ1n) is 10.9. The molecule has 36 heavy (non-hydrogen) atoms. The molecule has 0 spiro atoms. The van der Waals surface area contributed by atoms with E-state index < -0.39 is 24.5 Å². The van der Waals surface area contributed by atoms with Gasteiger partial charge in [-0.05, 0) is 36.2 Å². The van der Waals surface area contributed by atoms with Crippen molar-refractivity contribution >= 4 is 35.4 Å². The smallest absolute Gasteiger partial charge is 0.411 e. The largest absolute Gasteiger partial charge is 0.550 e. The highest BCUT2D eigenvalue weighted by atomic mass is 19.1. The molecular weight excluding hydrogens is 471 g/mol. The third kappa shape index (κ3) is 9.67. The molecule has 0 bridgehead atoms. The number of pyridine rings is 1. The van der Waals surface area contributed by atoms with Crippen LogP contribution >= 0.6 is 0 Å². The van der Waals surface area contributed by atoms with Gasteiger partial charge in [0.2, 0.25) is 11.6 Å². The zero-order valence-electron chi connectivity index (χ0n) is 19.5. The monoisotopic (exact) mass is 498 g/mol. The number of nitrogens with one attached hydrogen (secondary N) is 3. The summed E-state index contributed by atoms with van der Waals surface area (Å²) < 4.78 is 18.1. The number of benzene rings is 2. The number of aromatic amines is 1. The molecule has 0 saturated carbocycles. The van der Waals surface area contributed by atoms with Gasteiger partial charge in [0.25, 0.3) is 0 Å². The maximum atomic E-state index is 13.2. The van der Waals surface area contributed by atoms with Gasteiger partial charge in [-0.15, -0.1) is 0 Å². The van der Waals surface area contributed by atoms with Crippen LogP contribution in [-0.2, 0) is 20.7 Å². The summed E-state index contributed by atoms with van der Waals surface area (Å²) in [6.45, 7) is 2.00. The lowest BCUT2D eigenvalue weighted by Gasteiger charge is -2.17. The predicted molar refractivity (Wildman–Crippen MR) is 128 cm³/mol. The first-order valence-corrected chi connectivity index (χ1v) is 10.9. The van der Waals surface area contributed by atoms with Crippen molar-refractivity contribution in [2.75, 3.05) is 23.0 Å². The second kappa shape index (κ2) is 13.9. The van der Waals surface area contributed by atoms with Gasteiger partial charge in [-0.1, -0.05) is 42.5 Å². The Kier molecular flexibility index (Phi) is 10.6. The van der Waals surface area contributed by atoms with E-state index in [9.17, 15) is 23.9 Å². The van der Waals surface area contributed by atoms with Gasteiger partial charge in [0.05, 0.1) is 19.0 Å². The molecule has 190 valence electrons. The number of anilines is 3. The Morgan fingerprint density at radius 1 is 1.08 bits per heavy atom. The highest BCUT2D eigenvalue weighted by Crippen LogP contribution is 2.24. The number of aromatic nitrogens is 1. The van der Waals surface area contributed by atoms with Crippen molar-refractivity contribution in [3.8, 4) is 0 Å². The number of ether oxygens (including phenoxy) is 1. The van der Waals surface area contributed by atoms with E-state index in [1.165, 1.54) is 12.1 Å². The lowest BCUT2D eigenvalue weighted by Crippen LogP contribution is -2.24. The van der Waals surface area contributed by atoms with Gasteiger partial charge in [0.1, 0.15) is 17.5 Å². The van der Waals surface area contributed by atoms with Crippen molar-refractivity contribution in [2.45, 2.75) is 25.8 Å². The van der Waals surface area contributed by atoms with Crippen molar-refractivity contribution in [1.82, 2.24) is 0 Å². The lowest BCUT2D eigenvalue weighted by atomic mass is 9.99. The van der Waals surface area contributed by atoms with Crippen LogP contribution in [0.4, 0.5) is 26.5 Å². The lowest BCUT2D eigenvalue weighted by molar-refractivity contribution is -0.342. The molecule has 1 atom stereocenters. The topological polar surface area (TPSA) is 168 Å². The normalized spacial score (nSPS) is 10.8. The van der Waals surface area contributed by atoms with E-state index in [4.69, 9.17) is 15.6 Å². The van der Waals surface area contributed by atoms with Gasteiger partial charge in [0, 0.05) is 12.5 Å². The standard InChI is InChI=1S/C22H23FN4O2.C3H4O4/c1-2-29-22(28)26-18-12-13-20(27-21(18)24)25-19(16-6-4-3-5-7-16)14-15-8-10-17(23)11-9-15;4-2(5)1-3(6)7/h3-13,19H,2,14H2,1H3,(H,26,28)(H3,24,25,27);1H2,(H,4,5)(H,6,7). The summed E-state index contributed by atoms with van der Waals surface area (Å²) in [5.41, 5.74) is 8.56. The molecule has 0 saturated heterocycles. The predicted octanol–water partition coefficient (Wildman–Crippen LogP) is 2.40. The van der Waals surface area contributed by atoms with E-state index in [-0.39, 0.29) is 18.5 Å². The number of halogens is 1. The average molecular weight is 499 g/mol. The van der Waals surface area contributed by atoms with Crippen LogP contribution in [0.2, 0.25) is 0 Å². The molecule has 1 unspecified atom stereocenters. The zero-order chi connectivity index (χ0) is 26.5. The highest BCUT2D eigenvalue weighted by molar-refractivity contribution is 5.88. The molecule has 10 nitrogen and oxygen atoms in total. The number of nitrogen functional groups attached to an aromatic ring is 1. The Morgan fingerprint density at radius 3 is 2.28 bits per heavy atom. The molecule has 3 aromatic rings. The van der Waals surface area contributed by atoms with E-state index in [0.717, 1.165) is 11.1 Å². The number of carboxylic acids is 2. The molecule has 1 aromatic heterocycles. The minimum Gasteiger partial charge on any atom is -0.550 e. The van der Waals surface area contributed by atoms with Gasteiger partial charge in [-0.25, -0.2) is 14.2 Å². The van der Waals surface area contributed by atoms with Gasteiger partial charge < -0.3 is 25.5 Å². The number of amides is 1. The van der Waals surface area contributed by atoms with Crippen molar-refractivity contribution in [3.63, 3.8) is 0 Å². The Hall–Kier alpha value is -4.67. The summed E-state index contributed by atoms with van der Waals surface area (Å²) >= 11 is 0. The minimum atomic E-state index is -1.56. The number of hydrogen-bond acceptors (Lipinski definition) is 7. The number of aliphatic carboxylic acids is 2. The van der Waals surface area contributed by atoms with Gasteiger partial charge in [-0.2, -0.15) is 0 Å². The Morgan fingerprint density at radius 2 is 1.75 bits per heavy atom. The van der Waals surface area contributed by atoms with Gasteiger partial charge >= 0.3 is 12.1 Å². The van der Waals surface area contributed by atoms with Gasteiger partial charge in [-0.3, -0.25) is 15.4 Å². The van der Waals surface area contributed by atoms with Crippen LogP contribution in [0, 0.1) is 5.82 Å². The third-order valence-electron chi connectivity index (χ3n) is 4.67. The Balaban J connectivity index is 0.000000572. The molecule has 11 heteroatoms. The van der Waals surface area contributed by atoms with E-state index >= 15 is 0 Å². The number of nitrogens with two attached hydrogens (primary N) is 1. The molecule has 3 rings (SSSR count). The van der Waals surface area contributed by atoms with Crippen LogP contribution < -0.4 is 26.5 Å². The first kappa shape index (κ1) is 27.6. The second-order valence-corrected chi connectivity index (χ2v) is 7.43.